The molecule has 6 heteroatoms. The second kappa shape index (κ2) is 7.73. The van der Waals surface area contributed by atoms with E-state index in [0.717, 1.165) is 31.4 Å². The first-order chi connectivity index (χ1) is 12.5. The number of nitrogens with one attached hydrogen (secondary N) is 2. The predicted molar refractivity (Wildman–Crippen MR) is 102 cm³/mol. The Bertz CT molecular complexity index is 975. The van der Waals surface area contributed by atoms with Gasteiger partial charge in [0.05, 0.1) is 11.4 Å². The summed E-state index contributed by atoms with van der Waals surface area (Å²) in [5.74, 6) is 1.89. The van der Waals surface area contributed by atoms with Crippen molar-refractivity contribution in [3.05, 3.63) is 59.2 Å². The van der Waals surface area contributed by atoms with E-state index < -0.39 is 10.0 Å². The lowest BCUT2D eigenvalue weighted by molar-refractivity contribution is 0.102. The first-order valence-electron chi connectivity index (χ1n) is 8.46. The van der Waals surface area contributed by atoms with Crippen LogP contribution in [0.25, 0.3) is 0 Å². The lowest BCUT2D eigenvalue weighted by Crippen LogP contribution is -2.24. The van der Waals surface area contributed by atoms with Crippen LogP contribution in [-0.4, -0.2) is 20.9 Å². The molecule has 1 aliphatic rings. The highest BCUT2D eigenvalue weighted by Gasteiger charge is 2.18. The number of carbonyl (C=O) groups excluding carboxylic acids is 1. The minimum atomic E-state index is -3.74. The van der Waals surface area contributed by atoms with Crippen molar-refractivity contribution in [2.45, 2.75) is 30.6 Å². The molecule has 0 saturated heterocycles. The van der Waals surface area contributed by atoms with Crippen LogP contribution < -0.4 is 10.0 Å². The Kier molecular flexibility index (Phi) is 5.40. The molecule has 1 aliphatic carbocycles. The summed E-state index contributed by atoms with van der Waals surface area (Å²) in [5.41, 5.74) is 3.52. The molecule has 0 fully saturated rings. The van der Waals surface area contributed by atoms with E-state index in [-0.39, 0.29) is 22.9 Å². The Hall–Kier alpha value is -2.62. The van der Waals surface area contributed by atoms with Crippen LogP contribution in [-0.2, 0) is 22.9 Å². The first-order valence-corrected chi connectivity index (χ1v) is 9.95. The zero-order valence-corrected chi connectivity index (χ0v) is 15.1. The largest absolute Gasteiger partial charge is 0.322 e. The fraction of sp³-hybridized carbons (Fsp3) is 0.250. The lowest BCUT2D eigenvalue weighted by Gasteiger charge is -2.19. The first kappa shape index (κ1) is 18.2. The number of benzene rings is 2. The molecule has 0 spiro atoms. The third-order valence-electron chi connectivity index (χ3n) is 4.41. The summed E-state index contributed by atoms with van der Waals surface area (Å²) >= 11 is 0. The van der Waals surface area contributed by atoms with E-state index in [1.165, 1.54) is 23.3 Å². The van der Waals surface area contributed by atoms with Crippen molar-refractivity contribution in [3.63, 3.8) is 0 Å². The normalized spacial score (nSPS) is 13.5. The Labute approximate surface area is 153 Å². The van der Waals surface area contributed by atoms with Gasteiger partial charge in [0.2, 0.25) is 10.0 Å². The molecule has 0 heterocycles. The van der Waals surface area contributed by atoms with Gasteiger partial charge in [0.1, 0.15) is 0 Å². The molecule has 2 N–H and O–H groups in total. The summed E-state index contributed by atoms with van der Waals surface area (Å²) in [4.78, 5) is 12.6. The summed E-state index contributed by atoms with van der Waals surface area (Å²) in [6.07, 6.45) is 9.32. The monoisotopic (exact) mass is 368 g/mol. The molecular formula is C20H20N2O3S. The highest BCUT2D eigenvalue weighted by Crippen LogP contribution is 2.28. The Balaban J connectivity index is 1.84. The van der Waals surface area contributed by atoms with Gasteiger partial charge in [0.25, 0.3) is 5.91 Å². The standard InChI is InChI=1S/C20H20N2O3S/c1-2-13-21-26(24,25)17-10-5-9-16(14-17)20(23)22-19-12-6-8-15-7-3-4-11-18(15)19/h1,5-6,8-10,12,14,21H,3-4,7,11,13H2,(H,22,23). The van der Waals surface area contributed by atoms with Gasteiger partial charge in [0.15, 0.2) is 0 Å². The van der Waals surface area contributed by atoms with E-state index >= 15 is 0 Å². The molecule has 2 aromatic rings. The second-order valence-corrected chi connectivity index (χ2v) is 7.93. The van der Waals surface area contributed by atoms with Crippen molar-refractivity contribution in [3.8, 4) is 12.3 Å². The number of hydrogen-bond donors (Lipinski definition) is 2. The topological polar surface area (TPSA) is 75.3 Å². The van der Waals surface area contributed by atoms with Crippen molar-refractivity contribution in [1.82, 2.24) is 4.72 Å². The van der Waals surface area contributed by atoms with Crippen LogP contribution in [0.4, 0.5) is 5.69 Å². The van der Waals surface area contributed by atoms with E-state index in [1.807, 2.05) is 12.1 Å². The van der Waals surface area contributed by atoms with Gasteiger partial charge in [-0.3, -0.25) is 4.79 Å². The maximum absolute atomic E-state index is 12.6. The predicted octanol–water partition coefficient (Wildman–Crippen LogP) is 2.73. The molecule has 2 aromatic carbocycles. The van der Waals surface area contributed by atoms with Gasteiger partial charge in [-0.1, -0.05) is 24.1 Å². The molecule has 0 aromatic heterocycles. The summed E-state index contributed by atoms with van der Waals surface area (Å²) in [6, 6.07) is 11.8. The number of terminal acetylenes is 1. The average Bonchev–Trinajstić information content (AvgIpc) is 2.67. The van der Waals surface area contributed by atoms with Crippen LogP contribution in [0, 0.1) is 12.3 Å². The Morgan fingerprint density at radius 3 is 2.69 bits per heavy atom. The fourth-order valence-electron chi connectivity index (χ4n) is 3.12. The van der Waals surface area contributed by atoms with Crippen LogP contribution in [0.2, 0.25) is 0 Å². The number of hydrogen-bond acceptors (Lipinski definition) is 3. The van der Waals surface area contributed by atoms with Crippen molar-refractivity contribution in [1.29, 1.82) is 0 Å². The van der Waals surface area contributed by atoms with Gasteiger partial charge >= 0.3 is 0 Å². The number of aryl methyl sites for hydroxylation is 1. The molecule has 0 bridgehead atoms. The quantitative estimate of drug-likeness (QED) is 0.797. The lowest BCUT2D eigenvalue weighted by atomic mass is 9.90. The number of sulfonamides is 1. The number of rotatable bonds is 5. The van der Waals surface area contributed by atoms with E-state index in [9.17, 15) is 13.2 Å². The smallest absolute Gasteiger partial charge is 0.255 e. The molecule has 0 aliphatic heterocycles. The average molecular weight is 368 g/mol. The van der Waals surface area contributed by atoms with E-state index in [4.69, 9.17) is 6.42 Å². The zero-order chi connectivity index (χ0) is 18.6. The van der Waals surface area contributed by atoms with Crippen molar-refractivity contribution < 1.29 is 13.2 Å². The zero-order valence-electron chi connectivity index (χ0n) is 14.3. The van der Waals surface area contributed by atoms with E-state index in [2.05, 4.69) is 22.0 Å². The maximum Gasteiger partial charge on any atom is 0.255 e. The molecule has 3 rings (SSSR count). The summed E-state index contributed by atoms with van der Waals surface area (Å²) < 4.78 is 26.6. The van der Waals surface area contributed by atoms with Crippen molar-refractivity contribution in [2.75, 3.05) is 11.9 Å². The molecule has 134 valence electrons. The van der Waals surface area contributed by atoms with Crippen LogP contribution in [0.1, 0.15) is 34.3 Å². The van der Waals surface area contributed by atoms with Crippen molar-refractivity contribution >= 4 is 21.6 Å². The molecule has 1 amide bonds. The van der Waals surface area contributed by atoms with Crippen LogP contribution in [0.3, 0.4) is 0 Å². The molecule has 0 unspecified atom stereocenters. The highest BCUT2D eigenvalue weighted by atomic mass is 32.2. The van der Waals surface area contributed by atoms with Gasteiger partial charge in [-0.15, -0.1) is 6.42 Å². The van der Waals surface area contributed by atoms with Gasteiger partial charge in [0, 0.05) is 11.3 Å². The van der Waals surface area contributed by atoms with E-state index in [0.29, 0.717) is 0 Å². The Morgan fingerprint density at radius 2 is 1.88 bits per heavy atom. The molecule has 26 heavy (non-hydrogen) atoms. The summed E-state index contributed by atoms with van der Waals surface area (Å²) in [7, 11) is -3.74. The number of anilines is 1. The summed E-state index contributed by atoms with van der Waals surface area (Å²) in [5, 5.41) is 2.92. The van der Waals surface area contributed by atoms with Gasteiger partial charge in [-0.2, -0.15) is 4.72 Å². The minimum absolute atomic E-state index is 0.00971. The van der Waals surface area contributed by atoms with E-state index in [1.54, 1.807) is 12.1 Å². The third-order valence-corrected chi connectivity index (χ3v) is 5.81. The number of carbonyl (C=O) groups is 1. The van der Waals surface area contributed by atoms with Gasteiger partial charge in [-0.25, -0.2) is 8.42 Å². The maximum atomic E-state index is 12.6. The number of amides is 1. The molecule has 5 nitrogen and oxygen atoms in total. The number of fused-ring (bicyclic) bond motifs is 1. The molecule has 0 radical (unpaired) electrons. The third kappa shape index (κ3) is 3.96. The molecule has 0 saturated carbocycles. The van der Waals surface area contributed by atoms with Crippen molar-refractivity contribution in [2.24, 2.45) is 0 Å². The fourth-order valence-corrected chi connectivity index (χ4v) is 4.10. The highest BCUT2D eigenvalue weighted by molar-refractivity contribution is 7.89. The van der Waals surface area contributed by atoms with Gasteiger partial charge in [-0.05, 0) is 61.1 Å². The SMILES string of the molecule is C#CCNS(=O)(=O)c1cccc(C(=O)Nc2cccc3c2CCCC3)c1. The molecule has 0 atom stereocenters. The molecular weight excluding hydrogens is 348 g/mol. The van der Waals surface area contributed by atoms with Crippen LogP contribution >= 0.6 is 0 Å². The minimum Gasteiger partial charge on any atom is -0.322 e. The summed E-state index contributed by atoms with van der Waals surface area (Å²) in [6.45, 7) is -0.102. The second-order valence-electron chi connectivity index (χ2n) is 6.16. The Morgan fingerprint density at radius 1 is 1.12 bits per heavy atom. The van der Waals surface area contributed by atoms with Gasteiger partial charge < -0.3 is 5.32 Å². The van der Waals surface area contributed by atoms with Crippen LogP contribution in [0.5, 0.6) is 0 Å². The van der Waals surface area contributed by atoms with Crippen LogP contribution in [0.15, 0.2) is 47.4 Å².